The minimum Gasteiger partial charge on any atom is -0.378 e. The van der Waals surface area contributed by atoms with Crippen LogP contribution in [0.3, 0.4) is 0 Å². The summed E-state index contributed by atoms with van der Waals surface area (Å²) < 4.78 is 28.1. The van der Waals surface area contributed by atoms with Crippen molar-refractivity contribution < 1.29 is 13.2 Å². The van der Waals surface area contributed by atoms with Gasteiger partial charge in [0.15, 0.2) is 9.84 Å². The van der Waals surface area contributed by atoms with Crippen molar-refractivity contribution in [2.75, 3.05) is 37.2 Å². The van der Waals surface area contributed by atoms with Gasteiger partial charge in [-0.15, -0.1) is 11.6 Å². The van der Waals surface area contributed by atoms with Gasteiger partial charge in [-0.25, -0.2) is 13.4 Å². The van der Waals surface area contributed by atoms with Crippen LogP contribution in [0.15, 0.2) is 23.2 Å². The summed E-state index contributed by atoms with van der Waals surface area (Å²) in [6, 6.07) is 3.11. The number of hydrogen-bond acceptors (Lipinski definition) is 5. The first-order chi connectivity index (χ1) is 8.05. The van der Waals surface area contributed by atoms with E-state index in [9.17, 15) is 8.42 Å². The predicted octanol–water partition coefficient (Wildman–Crippen LogP) is 1.15. The molecule has 1 aromatic heterocycles. The van der Waals surface area contributed by atoms with Gasteiger partial charge in [0.1, 0.15) is 10.7 Å². The number of halogens is 1. The Morgan fingerprint density at radius 3 is 2.88 bits per heavy atom. The second kappa shape index (κ2) is 6.78. The van der Waals surface area contributed by atoms with Crippen molar-refractivity contribution in [1.29, 1.82) is 0 Å². The van der Waals surface area contributed by atoms with Gasteiger partial charge in [-0.1, -0.05) is 0 Å². The lowest BCUT2D eigenvalue weighted by molar-refractivity contribution is 0.160. The minimum absolute atomic E-state index is 0.192. The highest BCUT2D eigenvalue weighted by molar-refractivity contribution is 7.90. The molecule has 0 atom stereocenters. The van der Waals surface area contributed by atoms with Crippen molar-refractivity contribution in [3.8, 4) is 0 Å². The molecule has 96 valence electrons. The third kappa shape index (κ3) is 4.89. The third-order valence-electron chi connectivity index (χ3n) is 1.93. The summed E-state index contributed by atoms with van der Waals surface area (Å²) in [5.74, 6) is 0.794. The van der Waals surface area contributed by atoms with E-state index in [1.807, 2.05) is 0 Å². The van der Waals surface area contributed by atoms with Crippen molar-refractivity contribution in [2.45, 2.75) is 4.90 Å². The van der Waals surface area contributed by atoms with Crippen LogP contribution in [0.5, 0.6) is 0 Å². The molecule has 0 saturated carbocycles. The maximum atomic E-state index is 11.5. The van der Waals surface area contributed by atoms with E-state index in [-0.39, 0.29) is 4.90 Å². The number of rotatable bonds is 7. The van der Waals surface area contributed by atoms with Crippen molar-refractivity contribution in [3.63, 3.8) is 0 Å². The lowest BCUT2D eigenvalue weighted by Crippen LogP contribution is -2.13. The summed E-state index contributed by atoms with van der Waals surface area (Å²) in [5, 5.41) is 2.92. The molecule has 5 nitrogen and oxygen atoms in total. The zero-order valence-electron chi connectivity index (χ0n) is 9.52. The van der Waals surface area contributed by atoms with Gasteiger partial charge in [0.05, 0.1) is 13.2 Å². The van der Waals surface area contributed by atoms with Crippen LogP contribution in [0, 0.1) is 0 Å². The van der Waals surface area contributed by atoms with E-state index >= 15 is 0 Å². The highest BCUT2D eigenvalue weighted by Gasteiger charge is 2.13. The fraction of sp³-hybridized carbons (Fsp3) is 0.500. The Morgan fingerprint density at radius 1 is 1.47 bits per heavy atom. The number of pyridine rings is 1. The zero-order valence-corrected chi connectivity index (χ0v) is 11.1. The van der Waals surface area contributed by atoms with E-state index in [1.54, 1.807) is 6.07 Å². The molecule has 0 bridgehead atoms. The SMILES string of the molecule is CS(=O)(=O)c1cccnc1NCCOCCCl. The number of sulfone groups is 1. The molecule has 1 heterocycles. The lowest BCUT2D eigenvalue weighted by Gasteiger charge is -2.09. The molecule has 0 unspecified atom stereocenters. The van der Waals surface area contributed by atoms with E-state index in [2.05, 4.69) is 10.3 Å². The smallest absolute Gasteiger partial charge is 0.179 e. The van der Waals surface area contributed by atoms with E-state index in [0.29, 0.717) is 31.5 Å². The summed E-state index contributed by atoms with van der Waals surface area (Å²) in [4.78, 5) is 4.18. The molecule has 0 aromatic carbocycles. The van der Waals surface area contributed by atoms with Crippen molar-refractivity contribution in [2.24, 2.45) is 0 Å². The van der Waals surface area contributed by atoms with Crippen LogP contribution in [0.4, 0.5) is 5.82 Å². The average molecular weight is 279 g/mol. The number of ether oxygens (including phenoxy) is 1. The van der Waals surface area contributed by atoms with E-state index < -0.39 is 9.84 Å². The molecule has 0 spiro atoms. The normalized spacial score (nSPS) is 11.4. The van der Waals surface area contributed by atoms with Crippen LogP contribution >= 0.6 is 11.6 Å². The number of nitrogens with zero attached hydrogens (tertiary/aromatic N) is 1. The van der Waals surface area contributed by atoms with Gasteiger partial charge < -0.3 is 10.1 Å². The third-order valence-corrected chi connectivity index (χ3v) is 3.21. The molecule has 0 saturated heterocycles. The topological polar surface area (TPSA) is 68.3 Å². The number of hydrogen-bond donors (Lipinski definition) is 1. The summed E-state index contributed by atoms with van der Waals surface area (Å²) in [6.45, 7) is 1.41. The van der Waals surface area contributed by atoms with Gasteiger partial charge in [0.2, 0.25) is 0 Å². The molecule has 0 aliphatic carbocycles. The quantitative estimate of drug-likeness (QED) is 0.599. The van der Waals surface area contributed by atoms with Crippen molar-refractivity contribution in [1.82, 2.24) is 4.98 Å². The fourth-order valence-electron chi connectivity index (χ4n) is 1.22. The molecule has 7 heteroatoms. The molecule has 1 aromatic rings. The van der Waals surface area contributed by atoms with Gasteiger partial charge >= 0.3 is 0 Å². The van der Waals surface area contributed by atoms with Crippen LogP contribution in [0.25, 0.3) is 0 Å². The molecule has 17 heavy (non-hydrogen) atoms. The molecular formula is C10H15ClN2O3S. The Bertz CT molecular complexity index is 451. The Morgan fingerprint density at radius 2 is 2.24 bits per heavy atom. The van der Waals surface area contributed by atoms with E-state index in [0.717, 1.165) is 6.26 Å². The fourth-order valence-corrected chi connectivity index (χ4v) is 2.13. The molecule has 0 fully saturated rings. The molecule has 1 rings (SSSR count). The molecule has 0 amide bonds. The second-order valence-electron chi connectivity index (χ2n) is 3.35. The van der Waals surface area contributed by atoms with E-state index in [1.165, 1.54) is 12.3 Å². The Labute approximate surface area is 106 Å². The molecule has 0 aliphatic heterocycles. The molecule has 0 radical (unpaired) electrons. The summed E-state index contributed by atoms with van der Waals surface area (Å²) in [5.41, 5.74) is 0. The van der Waals surface area contributed by atoms with Crippen LogP contribution in [-0.2, 0) is 14.6 Å². The number of aromatic nitrogens is 1. The van der Waals surface area contributed by atoms with Gasteiger partial charge in [-0.3, -0.25) is 0 Å². The van der Waals surface area contributed by atoms with Crippen molar-refractivity contribution in [3.05, 3.63) is 18.3 Å². The number of anilines is 1. The maximum Gasteiger partial charge on any atom is 0.179 e. The van der Waals surface area contributed by atoms with Gasteiger partial charge in [-0.2, -0.15) is 0 Å². The zero-order chi connectivity index (χ0) is 12.7. The second-order valence-corrected chi connectivity index (χ2v) is 5.71. The summed E-state index contributed by atoms with van der Waals surface area (Å²) in [6.07, 6.45) is 2.69. The lowest BCUT2D eigenvalue weighted by atomic mass is 10.4. The number of nitrogens with one attached hydrogen (secondary N) is 1. The van der Waals surface area contributed by atoms with Crippen molar-refractivity contribution >= 4 is 27.3 Å². The van der Waals surface area contributed by atoms with Crippen LogP contribution in [0.1, 0.15) is 0 Å². The maximum absolute atomic E-state index is 11.5. The van der Waals surface area contributed by atoms with Crippen LogP contribution in [0.2, 0.25) is 0 Å². The van der Waals surface area contributed by atoms with Gasteiger partial charge in [0, 0.05) is 24.9 Å². The first-order valence-corrected chi connectivity index (χ1v) is 7.51. The molecule has 1 N–H and O–H groups in total. The molecular weight excluding hydrogens is 264 g/mol. The standard InChI is InChI=1S/C10H15ClN2O3S/c1-17(14,15)9-3-2-5-12-10(9)13-6-8-16-7-4-11/h2-3,5H,4,6-8H2,1H3,(H,12,13). The highest BCUT2D eigenvalue weighted by Crippen LogP contribution is 2.17. The van der Waals surface area contributed by atoms with Crippen LogP contribution < -0.4 is 5.32 Å². The first kappa shape index (κ1) is 14.2. The monoisotopic (exact) mass is 278 g/mol. The van der Waals surface area contributed by atoms with Gasteiger partial charge in [-0.05, 0) is 12.1 Å². The predicted molar refractivity (Wildman–Crippen MR) is 67.4 cm³/mol. The van der Waals surface area contributed by atoms with E-state index in [4.69, 9.17) is 16.3 Å². The van der Waals surface area contributed by atoms with Crippen LogP contribution in [-0.4, -0.2) is 45.3 Å². The van der Waals surface area contributed by atoms with Gasteiger partial charge in [0.25, 0.3) is 0 Å². The summed E-state index contributed by atoms with van der Waals surface area (Å²) in [7, 11) is -3.27. The molecule has 0 aliphatic rings. The Balaban J connectivity index is 2.59. The highest BCUT2D eigenvalue weighted by atomic mass is 35.5. The number of alkyl halides is 1. The minimum atomic E-state index is -3.27. The average Bonchev–Trinajstić information content (AvgIpc) is 2.28. The largest absolute Gasteiger partial charge is 0.378 e. The first-order valence-electron chi connectivity index (χ1n) is 5.08. The Hall–Kier alpha value is -0.850. The Kier molecular flexibility index (Phi) is 5.67. The summed E-state index contributed by atoms with van der Waals surface area (Å²) >= 11 is 5.45.